The number of hydrogen-bond donors (Lipinski definition) is 0. The smallest absolute Gasteiger partial charge is 0.171 e. The van der Waals surface area contributed by atoms with Crippen molar-refractivity contribution in [1.29, 1.82) is 0 Å². The van der Waals surface area contributed by atoms with Gasteiger partial charge in [0, 0.05) is 11.1 Å². The van der Waals surface area contributed by atoms with E-state index < -0.39 is 0 Å². The quantitative estimate of drug-likeness (QED) is 0.0855. The van der Waals surface area contributed by atoms with Gasteiger partial charge in [-0.1, -0.05) is 26.7 Å². The average molecular weight is 663 g/mol. The summed E-state index contributed by atoms with van der Waals surface area (Å²) in [5, 5.41) is 0. The van der Waals surface area contributed by atoms with Crippen LogP contribution in [0.1, 0.15) is 124 Å². The first kappa shape index (κ1) is 38.1. The molecular weight excluding hydrogens is 596 g/mol. The van der Waals surface area contributed by atoms with Gasteiger partial charge in [-0.2, -0.15) is 0 Å². The molecule has 2 aromatic rings. The number of ether oxygens (including phenoxy) is 2. The number of Topliss-reactive ketones (excluding diaryl/α,β-unsaturated/α-hetero) is 2. The van der Waals surface area contributed by atoms with Crippen LogP contribution in [-0.2, 0) is 0 Å². The average Bonchev–Trinajstić information content (AvgIpc) is 3.45. The largest absolute Gasteiger partial charge is 0.494 e. The Morgan fingerprint density at radius 2 is 0.896 bits per heavy atom. The van der Waals surface area contributed by atoms with Gasteiger partial charge in [0.2, 0.25) is 0 Å². The molecule has 2 aromatic carbocycles. The molecule has 2 aliphatic heterocycles. The molecule has 4 rings (SSSR count). The van der Waals surface area contributed by atoms with Gasteiger partial charge < -0.3 is 18.4 Å². The van der Waals surface area contributed by atoms with Crippen LogP contribution in [-0.4, -0.2) is 87.1 Å². The maximum Gasteiger partial charge on any atom is 0.171 e. The van der Waals surface area contributed by atoms with E-state index >= 15 is 0 Å². The van der Waals surface area contributed by atoms with E-state index in [0.29, 0.717) is 13.2 Å². The van der Waals surface area contributed by atoms with Crippen molar-refractivity contribution in [2.75, 3.05) is 66.6 Å². The third-order valence-corrected chi connectivity index (χ3v) is 11.0. The summed E-state index contributed by atoms with van der Waals surface area (Å²) in [7, 11) is 4.71. The molecule has 0 aromatic heterocycles. The maximum atomic E-state index is 14.4. The summed E-state index contributed by atoms with van der Waals surface area (Å²) in [6.07, 6.45) is 15.7. The van der Waals surface area contributed by atoms with E-state index in [9.17, 15) is 9.59 Å². The minimum Gasteiger partial charge on any atom is -0.494 e. The fraction of sp³-hybridized carbons (Fsp3) is 0.667. The molecule has 6 heteroatoms. The summed E-state index contributed by atoms with van der Waals surface area (Å²) in [5.74, 6) is 1.83. The minimum atomic E-state index is -0.126. The van der Waals surface area contributed by atoms with Crippen LogP contribution < -0.4 is 9.47 Å². The lowest BCUT2D eigenvalue weighted by Crippen LogP contribution is -2.50. The Morgan fingerprint density at radius 3 is 1.21 bits per heavy atom. The zero-order chi connectivity index (χ0) is 34.2. The molecule has 0 N–H and O–H groups in total. The molecule has 0 bridgehead atoms. The van der Waals surface area contributed by atoms with Crippen molar-refractivity contribution in [1.82, 2.24) is 0 Å². The molecule has 0 radical (unpaired) electrons. The molecule has 0 saturated carbocycles. The van der Waals surface area contributed by atoms with Crippen LogP contribution in [0, 0.1) is 11.8 Å². The number of rotatable bonds is 19. The zero-order valence-corrected chi connectivity index (χ0v) is 30.9. The molecule has 0 unspecified atom stereocenters. The molecule has 0 spiro atoms. The fourth-order valence-electron chi connectivity index (χ4n) is 7.92. The summed E-state index contributed by atoms with van der Waals surface area (Å²) < 4.78 is 13.7. The van der Waals surface area contributed by atoms with Gasteiger partial charge in [-0.3, -0.25) is 9.59 Å². The van der Waals surface area contributed by atoms with Gasteiger partial charge in [-0.05, 0) is 126 Å². The van der Waals surface area contributed by atoms with Crippen LogP contribution in [0.2, 0.25) is 0 Å². The second kappa shape index (κ2) is 19.5. The number of likely N-dealkylation sites (tertiary alicyclic amines) is 2. The molecule has 6 nitrogen and oxygen atoms in total. The molecule has 2 fully saturated rings. The highest BCUT2D eigenvalue weighted by Crippen LogP contribution is 2.29. The van der Waals surface area contributed by atoms with Gasteiger partial charge in [0.15, 0.2) is 11.6 Å². The van der Waals surface area contributed by atoms with E-state index in [1.54, 1.807) is 0 Å². The fourth-order valence-corrected chi connectivity index (χ4v) is 7.92. The molecule has 2 aliphatic rings. The number of unbranched alkanes of at least 4 members (excludes halogenated alkanes) is 2. The predicted molar refractivity (Wildman–Crippen MR) is 197 cm³/mol. The number of benzene rings is 2. The molecule has 48 heavy (non-hydrogen) atoms. The Kier molecular flexibility index (Phi) is 15.5. The number of carbonyl (C=O) groups is 2. The van der Waals surface area contributed by atoms with Gasteiger partial charge >= 0.3 is 0 Å². The van der Waals surface area contributed by atoms with Crippen LogP contribution in [0.15, 0.2) is 48.5 Å². The van der Waals surface area contributed by atoms with Crippen LogP contribution in [0.25, 0.3) is 0 Å². The first-order chi connectivity index (χ1) is 23.2. The number of quaternary nitrogens is 2. The summed E-state index contributed by atoms with van der Waals surface area (Å²) in [6.45, 7) is 11.9. The highest BCUT2D eigenvalue weighted by Gasteiger charge is 2.36. The molecular formula is C42H66N2O4+2. The van der Waals surface area contributed by atoms with E-state index in [-0.39, 0.29) is 23.4 Å². The number of hydrogen-bond acceptors (Lipinski definition) is 4. The van der Waals surface area contributed by atoms with Crippen molar-refractivity contribution in [2.24, 2.45) is 11.8 Å². The van der Waals surface area contributed by atoms with Crippen molar-refractivity contribution in [3.8, 4) is 11.5 Å². The van der Waals surface area contributed by atoms with Gasteiger partial charge in [-0.15, -0.1) is 0 Å². The van der Waals surface area contributed by atoms with Crippen molar-refractivity contribution < 1.29 is 28.0 Å². The highest BCUT2D eigenvalue weighted by atomic mass is 16.5. The summed E-state index contributed by atoms with van der Waals surface area (Å²) >= 11 is 0. The van der Waals surface area contributed by atoms with Crippen LogP contribution in [0.4, 0.5) is 0 Å². The minimum absolute atomic E-state index is 0.126. The first-order valence-electron chi connectivity index (χ1n) is 19.5. The second-order valence-corrected chi connectivity index (χ2v) is 15.5. The van der Waals surface area contributed by atoms with Gasteiger partial charge in [-0.25, -0.2) is 0 Å². The van der Waals surface area contributed by atoms with Crippen molar-refractivity contribution in [2.45, 2.75) is 104 Å². The van der Waals surface area contributed by atoms with Crippen molar-refractivity contribution in [3.63, 3.8) is 0 Å². The predicted octanol–water partition coefficient (Wildman–Crippen LogP) is 9.16. The third-order valence-electron chi connectivity index (χ3n) is 11.0. The number of nitrogens with zero attached hydrogens (tertiary/aromatic N) is 2. The molecule has 0 amide bonds. The van der Waals surface area contributed by atoms with Gasteiger partial charge in [0.1, 0.15) is 11.5 Å². The lowest BCUT2D eigenvalue weighted by Gasteiger charge is -2.38. The number of ketones is 2. The third kappa shape index (κ3) is 12.0. The first-order valence-corrected chi connectivity index (χ1v) is 19.5. The summed E-state index contributed by atoms with van der Waals surface area (Å²) in [5.41, 5.74) is 1.52. The lowest BCUT2D eigenvalue weighted by atomic mass is 9.85. The van der Waals surface area contributed by atoms with E-state index in [1.807, 2.05) is 48.5 Å². The molecule has 0 aliphatic carbocycles. The van der Waals surface area contributed by atoms with Gasteiger partial charge in [0.25, 0.3) is 0 Å². The lowest BCUT2D eigenvalue weighted by molar-refractivity contribution is -0.911. The Morgan fingerprint density at radius 1 is 0.562 bits per heavy atom. The summed E-state index contributed by atoms with van der Waals surface area (Å²) in [4.78, 5) is 28.7. The topological polar surface area (TPSA) is 52.6 Å². The Labute approximate surface area is 292 Å². The standard InChI is InChI=1S/C42H66N2O4/c1-5-7-31-47-39-23-19-35(20-24-39)41(45)37(33-43(3)27-13-9-10-14-28-43)17-18-38(34-44(4)29-15-11-12-16-30-44)42(46)36-21-25-40(26-22-36)48-32-8-6-2/h19-26,37-38H,5-18,27-34H2,1-4H3/q+2/t37-,38-/m0/s1. The maximum absolute atomic E-state index is 14.4. The molecule has 2 saturated heterocycles. The van der Waals surface area contributed by atoms with Crippen LogP contribution in [0.3, 0.4) is 0 Å². The van der Waals surface area contributed by atoms with Crippen molar-refractivity contribution in [3.05, 3.63) is 59.7 Å². The van der Waals surface area contributed by atoms with Crippen molar-refractivity contribution >= 4 is 11.6 Å². The molecule has 2 atom stereocenters. The number of carbonyl (C=O) groups excluding carboxylic acids is 2. The Balaban J connectivity index is 1.56. The highest BCUT2D eigenvalue weighted by molar-refractivity contribution is 5.99. The Bertz CT molecular complexity index is 1130. The summed E-state index contributed by atoms with van der Waals surface area (Å²) in [6, 6.07) is 15.6. The van der Waals surface area contributed by atoms with Gasteiger partial charge in [0.05, 0.1) is 78.4 Å². The van der Waals surface area contributed by atoms with Crippen LogP contribution >= 0.6 is 0 Å². The van der Waals surface area contributed by atoms with E-state index in [1.165, 1.54) is 51.4 Å². The molecule has 266 valence electrons. The van der Waals surface area contributed by atoms with E-state index in [2.05, 4.69) is 27.9 Å². The zero-order valence-electron chi connectivity index (χ0n) is 30.9. The monoisotopic (exact) mass is 663 g/mol. The van der Waals surface area contributed by atoms with E-state index in [0.717, 1.165) is 109 Å². The second-order valence-electron chi connectivity index (χ2n) is 15.5. The van der Waals surface area contributed by atoms with Crippen LogP contribution in [0.5, 0.6) is 11.5 Å². The SMILES string of the molecule is CCCCOc1ccc(C(=O)[C@@H](CC[C@@H](C[N+]2(C)CCCCCC2)C(=O)c2ccc(OCCCC)cc2)C[N+]2(C)CCCCCC2)cc1. The molecule has 2 heterocycles. The normalized spacial score (nSPS) is 19.0. The van der Waals surface area contributed by atoms with E-state index in [4.69, 9.17) is 9.47 Å². The Hall–Kier alpha value is -2.70.